The van der Waals surface area contributed by atoms with Crippen LogP contribution in [0.3, 0.4) is 0 Å². The molecule has 2 heterocycles. The predicted octanol–water partition coefficient (Wildman–Crippen LogP) is 1.48. The zero-order chi connectivity index (χ0) is 14.9. The maximum atomic E-state index is 12.5. The van der Waals surface area contributed by atoms with Crippen LogP contribution in [0.5, 0.6) is 0 Å². The average Bonchev–Trinajstić information content (AvgIpc) is 2.80. The van der Waals surface area contributed by atoms with Crippen LogP contribution in [0.1, 0.15) is 48.8 Å². The van der Waals surface area contributed by atoms with E-state index < -0.39 is 11.9 Å². The summed E-state index contributed by atoms with van der Waals surface area (Å²) in [5.41, 5.74) is 1.40. The molecule has 6 nitrogen and oxygen atoms in total. The molecule has 1 N–H and O–H groups in total. The molecular weight excluding hydrogens is 258 g/mol. The Labute approximate surface area is 118 Å². The lowest BCUT2D eigenvalue weighted by Gasteiger charge is -2.30. The number of carboxylic acid groups (broad SMARTS) is 1. The van der Waals surface area contributed by atoms with Crippen LogP contribution in [-0.2, 0) is 11.8 Å². The zero-order valence-electron chi connectivity index (χ0n) is 12.2. The standard InChI is InChI=1S/C14H21N3O3/c1-9(2)11-7-12(16(3)15-11)13(18)17-6-4-5-10(8-17)14(19)20/h7,9-10H,4-6,8H2,1-3H3,(H,19,20). The number of hydrogen-bond donors (Lipinski definition) is 1. The van der Waals surface area contributed by atoms with E-state index in [1.807, 2.05) is 13.8 Å². The fourth-order valence-corrected chi connectivity index (χ4v) is 2.50. The van der Waals surface area contributed by atoms with Crippen molar-refractivity contribution < 1.29 is 14.7 Å². The minimum absolute atomic E-state index is 0.127. The minimum atomic E-state index is -0.824. The van der Waals surface area contributed by atoms with Crippen LogP contribution in [0.4, 0.5) is 0 Å². The van der Waals surface area contributed by atoms with Crippen molar-refractivity contribution in [3.8, 4) is 0 Å². The van der Waals surface area contributed by atoms with Gasteiger partial charge in [-0.3, -0.25) is 14.3 Å². The SMILES string of the molecule is CC(C)c1cc(C(=O)N2CCCC(C(=O)O)C2)n(C)n1. The molecule has 0 saturated carbocycles. The highest BCUT2D eigenvalue weighted by Gasteiger charge is 2.30. The van der Waals surface area contributed by atoms with Crippen molar-refractivity contribution in [3.05, 3.63) is 17.5 Å². The van der Waals surface area contributed by atoms with E-state index in [0.29, 0.717) is 18.7 Å². The van der Waals surface area contributed by atoms with Crippen LogP contribution in [0.15, 0.2) is 6.07 Å². The second-order valence-corrected chi connectivity index (χ2v) is 5.66. The number of aromatic nitrogens is 2. The Kier molecular flexibility index (Phi) is 4.11. The van der Waals surface area contributed by atoms with Crippen molar-refractivity contribution >= 4 is 11.9 Å². The first-order chi connectivity index (χ1) is 9.40. The number of rotatable bonds is 3. The Hall–Kier alpha value is -1.85. The molecule has 1 unspecified atom stereocenters. The summed E-state index contributed by atoms with van der Waals surface area (Å²) >= 11 is 0. The molecule has 1 saturated heterocycles. The van der Waals surface area contributed by atoms with Crippen molar-refractivity contribution in [1.29, 1.82) is 0 Å². The summed E-state index contributed by atoms with van der Waals surface area (Å²) in [6.45, 7) is 4.96. The lowest BCUT2D eigenvalue weighted by Crippen LogP contribution is -2.42. The van der Waals surface area contributed by atoms with E-state index in [-0.39, 0.29) is 18.4 Å². The number of hydrogen-bond acceptors (Lipinski definition) is 3. The van der Waals surface area contributed by atoms with Gasteiger partial charge in [0.1, 0.15) is 5.69 Å². The highest BCUT2D eigenvalue weighted by Crippen LogP contribution is 2.20. The van der Waals surface area contributed by atoms with Crippen molar-refractivity contribution in [2.75, 3.05) is 13.1 Å². The molecule has 6 heteroatoms. The van der Waals surface area contributed by atoms with Crippen LogP contribution in [0, 0.1) is 5.92 Å². The van der Waals surface area contributed by atoms with Gasteiger partial charge in [0.05, 0.1) is 11.6 Å². The smallest absolute Gasteiger partial charge is 0.308 e. The Morgan fingerprint density at radius 2 is 2.15 bits per heavy atom. The molecule has 0 bridgehead atoms. The second kappa shape index (κ2) is 5.64. The lowest BCUT2D eigenvalue weighted by atomic mass is 9.98. The van der Waals surface area contributed by atoms with E-state index >= 15 is 0 Å². The topological polar surface area (TPSA) is 75.4 Å². The fraction of sp³-hybridized carbons (Fsp3) is 0.643. The normalized spacial score (nSPS) is 19.4. The molecule has 1 aromatic rings. The maximum Gasteiger partial charge on any atom is 0.308 e. The first kappa shape index (κ1) is 14.6. The number of carbonyl (C=O) groups is 2. The number of piperidine rings is 1. The zero-order valence-corrected chi connectivity index (χ0v) is 12.2. The van der Waals surface area contributed by atoms with Gasteiger partial charge in [-0.1, -0.05) is 13.8 Å². The lowest BCUT2D eigenvalue weighted by molar-refractivity contribution is -0.143. The van der Waals surface area contributed by atoms with E-state index in [1.165, 1.54) is 0 Å². The molecule has 0 spiro atoms. The van der Waals surface area contributed by atoms with Gasteiger partial charge in [0.15, 0.2) is 0 Å². The molecule has 1 fully saturated rings. The van der Waals surface area contributed by atoms with Crippen LogP contribution >= 0.6 is 0 Å². The molecule has 1 amide bonds. The molecule has 1 aliphatic rings. The summed E-state index contributed by atoms with van der Waals surface area (Å²) in [7, 11) is 1.75. The number of nitrogens with zero attached hydrogens (tertiary/aromatic N) is 3. The monoisotopic (exact) mass is 279 g/mol. The molecule has 0 radical (unpaired) electrons. The van der Waals surface area contributed by atoms with Gasteiger partial charge in [0.25, 0.3) is 5.91 Å². The van der Waals surface area contributed by atoms with Gasteiger partial charge in [0, 0.05) is 20.1 Å². The number of carbonyl (C=O) groups excluding carboxylic acids is 1. The average molecular weight is 279 g/mol. The highest BCUT2D eigenvalue weighted by molar-refractivity contribution is 5.93. The first-order valence-corrected chi connectivity index (χ1v) is 6.96. The van der Waals surface area contributed by atoms with Crippen LogP contribution in [0.25, 0.3) is 0 Å². The van der Waals surface area contributed by atoms with Crippen molar-refractivity contribution in [1.82, 2.24) is 14.7 Å². The number of aliphatic carboxylic acids is 1. The minimum Gasteiger partial charge on any atom is -0.481 e. The third-order valence-corrected chi connectivity index (χ3v) is 3.77. The Bertz CT molecular complexity index is 522. The van der Waals surface area contributed by atoms with Gasteiger partial charge in [-0.2, -0.15) is 5.10 Å². The predicted molar refractivity (Wildman–Crippen MR) is 73.6 cm³/mol. The van der Waals surface area contributed by atoms with Gasteiger partial charge in [0.2, 0.25) is 0 Å². The van der Waals surface area contributed by atoms with Crippen LogP contribution < -0.4 is 0 Å². The van der Waals surface area contributed by atoms with Gasteiger partial charge in [-0.25, -0.2) is 0 Å². The quantitative estimate of drug-likeness (QED) is 0.909. The molecular formula is C14H21N3O3. The van der Waals surface area contributed by atoms with Crippen molar-refractivity contribution in [2.45, 2.75) is 32.6 Å². The summed E-state index contributed by atoms with van der Waals surface area (Å²) in [5.74, 6) is -1.14. The number of aryl methyl sites for hydroxylation is 1. The largest absolute Gasteiger partial charge is 0.481 e. The van der Waals surface area contributed by atoms with Gasteiger partial charge < -0.3 is 10.0 Å². The number of carboxylic acids is 1. The fourth-order valence-electron chi connectivity index (χ4n) is 2.50. The maximum absolute atomic E-state index is 12.5. The van der Waals surface area contributed by atoms with Crippen molar-refractivity contribution in [3.63, 3.8) is 0 Å². The van der Waals surface area contributed by atoms with Crippen LogP contribution in [-0.4, -0.2) is 44.8 Å². The van der Waals surface area contributed by atoms with E-state index in [2.05, 4.69) is 5.10 Å². The summed E-state index contributed by atoms with van der Waals surface area (Å²) in [6, 6.07) is 1.80. The van der Waals surface area contributed by atoms with Gasteiger partial charge in [-0.15, -0.1) is 0 Å². The summed E-state index contributed by atoms with van der Waals surface area (Å²) in [5, 5.41) is 13.4. The van der Waals surface area contributed by atoms with E-state index in [9.17, 15) is 9.59 Å². The van der Waals surface area contributed by atoms with Gasteiger partial charge in [-0.05, 0) is 24.8 Å². The Morgan fingerprint density at radius 3 is 2.70 bits per heavy atom. The van der Waals surface area contributed by atoms with Crippen LogP contribution in [0.2, 0.25) is 0 Å². The number of likely N-dealkylation sites (tertiary alicyclic amines) is 1. The van der Waals surface area contributed by atoms with E-state index in [1.54, 1.807) is 22.7 Å². The molecule has 0 aromatic carbocycles. The van der Waals surface area contributed by atoms with Crippen molar-refractivity contribution in [2.24, 2.45) is 13.0 Å². The molecule has 0 aliphatic carbocycles. The van der Waals surface area contributed by atoms with E-state index in [4.69, 9.17) is 5.11 Å². The molecule has 1 aromatic heterocycles. The molecule has 1 atom stereocenters. The Morgan fingerprint density at radius 1 is 1.45 bits per heavy atom. The third-order valence-electron chi connectivity index (χ3n) is 3.77. The molecule has 110 valence electrons. The molecule has 20 heavy (non-hydrogen) atoms. The second-order valence-electron chi connectivity index (χ2n) is 5.66. The van der Waals surface area contributed by atoms with Gasteiger partial charge >= 0.3 is 5.97 Å². The first-order valence-electron chi connectivity index (χ1n) is 6.96. The van der Waals surface area contributed by atoms with E-state index in [0.717, 1.165) is 12.1 Å². The third kappa shape index (κ3) is 2.84. The Balaban J connectivity index is 2.16. The molecule has 1 aliphatic heterocycles. The highest BCUT2D eigenvalue weighted by atomic mass is 16.4. The summed E-state index contributed by atoms with van der Waals surface area (Å²) in [4.78, 5) is 25.2. The summed E-state index contributed by atoms with van der Waals surface area (Å²) < 4.78 is 1.59. The number of amides is 1. The summed E-state index contributed by atoms with van der Waals surface area (Å²) in [6.07, 6.45) is 1.37. The molecule has 2 rings (SSSR count).